The maximum absolute atomic E-state index is 13.8. The van der Waals surface area contributed by atoms with Crippen molar-refractivity contribution >= 4 is 11.7 Å². The van der Waals surface area contributed by atoms with E-state index in [1.165, 1.54) is 6.07 Å². The number of nitrogens with zero attached hydrogens (tertiary/aromatic N) is 2. The summed E-state index contributed by atoms with van der Waals surface area (Å²) in [7, 11) is 0. The number of rotatable bonds is 3. The van der Waals surface area contributed by atoms with Gasteiger partial charge in [0.2, 0.25) is 0 Å². The van der Waals surface area contributed by atoms with Crippen molar-refractivity contribution in [1.82, 2.24) is 15.1 Å². The first-order valence-corrected chi connectivity index (χ1v) is 10.1. The Morgan fingerprint density at radius 1 is 1.17 bits per heavy atom. The minimum atomic E-state index is -4.46. The Balaban J connectivity index is 1.59. The zero-order valence-corrected chi connectivity index (χ0v) is 16.3. The number of alkyl halides is 3. The molecule has 0 radical (unpaired) electrons. The molecular weight excluding hydrogens is 381 g/mol. The highest BCUT2D eigenvalue weighted by Gasteiger charge is 2.46. The number of hydrogen-bond donors (Lipinski definition) is 2. The van der Waals surface area contributed by atoms with Crippen LogP contribution in [0.4, 0.5) is 19.0 Å². The van der Waals surface area contributed by atoms with Gasteiger partial charge in [0.15, 0.2) is 11.7 Å². The summed E-state index contributed by atoms with van der Waals surface area (Å²) in [5.74, 6) is -0.189. The molecule has 156 valence electrons. The molecule has 0 saturated heterocycles. The number of hydrogen-bond acceptors (Lipinski definition) is 3. The van der Waals surface area contributed by atoms with Crippen LogP contribution in [0.3, 0.4) is 0 Å². The lowest BCUT2D eigenvalue weighted by Crippen LogP contribution is -2.37. The molecule has 2 aliphatic rings. The first-order valence-electron chi connectivity index (χ1n) is 10.1. The third-order valence-corrected chi connectivity index (χ3v) is 5.84. The standard InChI is InChI=1S/C21H25F3N4O/c1-13-7-9-14(10-8-13)16-11-18(21(22,23)24)28-19(26-16)12-17(27-28)20(29)25-15-5-3-2-4-6-15/h7-10,12,15-16,18,26H,2-6,11H2,1H3,(H,25,29)/t16-,18-/m0/s1. The van der Waals surface area contributed by atoms with Crippen LogP contribution in [0.2, 0.25) is 0 Å². The van der Waals surface area contributed by atoms with Gasteiger partial charge in [-0.2, -0.15) is 18.3 Å². The number of halogens is 3. The Kier molecular flexibility index (Phi) is 5.27. The summed E-state index contributed by atoms with van der Waals surface area (Å²) >= 11 is 0. The molecule has 1 fully saturated rings. The van der Waals surface area contributed by atoms with E-state index in [9.17, 15) is 18.0 Å². The molecular formula is C21H25F3N4O. The fourth-order valence-corrected chi connectivity index (χ4v) is 4.21. The molecule has 1 aromatic carbocycles. The van der Waals surface area contributed by atoms with Crippen LogP contribution in [0.15, 0.2) is 30.3 Å². The topological polar surface area (TPSA) is 59.0 Å². The summed E-state index contributed by atoms with van der Waals surface area (Å²) in [6.45, 7) is 1.93. The normalized spacial score (nSPS) is 22.6. The molecule has 4 rings (SSSR count). The Hall–Kier alpha value is -2.51. The van der Waals surface area contributed by atoms with E-state index < -0.39 is 24.2 Å². The van der Waals surface area contributed by atoms with Crippen molar-refractivity contribution in [2.45, 2.75) is 69.8 Å². The van der Waals surface area contributed by atoms with Crippen LogP contribution >= 0.6 is 0 Å². The second kappa shape index (κ2) is 7.72. The maximum atomic E-state index is 13.8. The number of anilines is 1. The van der Waals surface area contributed by atoms with Gasteiger partial charge in [-0.1, -0.05) is 49.1 Å². The Morgan fingerprint density at radius 2 is 1.86 bits per heavy atom. The maximum Gasteiger partial charge on any atom is 0.410 e. The van der Waals surface area contributed by atoms with Crippen molar-refractivity contribution in [1.29, 1.82) is 0 Å². The average molecular weight is 406 g/mol. The van der Waals surface area contributed by atoms with Gasteiger partial charge in [0, 0.05) is 18.5 Å². The van der Waals surface area contributed by atoms with Crippen LogP contribution < -0.4 is 10.6 Å². The SMILES string of the molecule is Cc1ccc([C@@H]2C[C@@H](C(F)(F)F)n3nc(C(=O)NC4CCCCC4)cc3N2)cc1. The smallest absolute Gasteiger partial charge is 0.363 e. The summed E-state index contributed by atoms with van der Waals surface area (Å²) in [6.07, 6.45) is 0.439. The summed E-state index contributed by atoms with van der Waals surface area (Å²) in [4.78, 5) is 12.6. The van der Waals surface area contributed by atoms with E-state index in [1.807, 2.05) is 31.2 Å². The first kappa shape index (κ1) is 19.8. The summed E-state index contributed by atoms with van der Waals surface area (Å²) in [5, 5.41) is 10.1. The zero-order valence-electron chi connectivity index (χ0n) is 16.3. The molecule has 1 aliphatic carbocycles. The van der Waals surface area contributed by atoms with Crippen molar-refractivity contribution < 1.29 is 18.0 Å². The van der Waals surface area contributed by atoms with Crippen LogP contribution in [-0.2, 0) is 0 Å². The third kappa shape index (κ3) is 4.26. The minimum absolute atomic E-state index is 0.0249. The Morgan fingerprint density at radius 3 is 2.52 bits per heavy atom. The summed E-state index contributed by atoms with van der Waals surface area (Å²) in [6, 6.07) is 6.66. The molecule has 5 nitrogen and oxygen atoms in total. The number of benzene rings is 1. The molecule has 1 saturated carbocycles. The van der Waals surface area contributed by atoms with Crippen molar-refractivity contribution in [2.75, 3.05) is 5.32 Å². The van der Waals surface area contributed by atoms with Crippen LogP contribution in [0, 0.1) is 6.92 Å². The molecule has 2 N–H and O–H groups in total. The van der Waals surface area contributed by atoms with E-state index in [4.69, 9.17) is 0 Å². The molecule has 0 unspecified atom stereocenters. The van der Waals surface area contributed by atoms with Crippen molar-refractivity contribution in [2.24, 2.45) is 0 Å². The number of carbonyl (C=O) groups is 1. The van der Waals surface area contributed by atoms with Gasteiger partial charge in [0.05, 0.1) is 6.04 Å². The second-order valence-corrected chi connectivity index (χ2v) is 8.07. The van der Waals surface area contributed by atoms with Gasteiger partial charge in [-0.05, 0) is 25.3 Å². The molecule has 0 bridgehead atoms. The van der Waals surface area contributed by atoms with Crippen molar-refractivity contribution in [3.05, 3.63) is 47.2 Å². The monoisotopic (exact) mass is 406 g/mol. The third-order valence-electron chi connectivity index (χ3n) is 5.84. The number of aromatic nitrogens is 2. The quantitative estimate of drug-likeness (QED) is 0.761. The largest absolute Gasteiger partial charge is 0.410 e. The van der Waals surface area contributed by atoms with Gasteiger partial charge in [0.1, 0.15) is 5.82 Å². The molecule has 1 aromatic heterocycles. The lowest BCUT2D eigenvalue weighted by Gasteiger charge is -2.33. The van der Waals surface area contributed by atoms with Gasteiger partial charge < -0.3 is 10.6 Å². The molecule has 2 aromatic rings. The van der Waals surface area contributed by atoms with E-state index in [0.717, 1.165) is 47.9 Å². The van der Waals surface area contributed by atoms with E-state index >= 15 is 0 Å². The second-order valence-electron chi connectivity index (χ2n) is 8.07. The Bertz CT molecular complexity index is 869. The minimum Gasteiger partial charge on any atom is -0.363 e. The van der Waals surface area contributed by atoms with E-state index in [1.54, 1.807) is 0 Å². The van der Waals surface area contributed by atoms with Crippen LogP contribution in [0.5, 0.6) is 0 Å². The molecule has 2 heterocycles. The lowest BCUT2D eigenvalue weighted by molar-refractivity contribution is -0.173. The number of carbonyl (C=O) groups excluding carboxylic acids is 1. The van der Waals surface area contributed by atoms with E-state index in [0.29, 0.717) is 0 Å². The molecule has 1 aliphatic heterocycles. The molecule has 2 atom stereocenters. The van der Waals surface area contributed by atoms with Gasteiger partial charge >= 0.3 is 6.18 Å². The van der Waals surface area contributed by atoms with Crippen LogP contribution in [0.1, 0.15) is 72.2 Å². The van der Waals surface area contributed by atoms with E-state index in [-0.39, 0.29) is 24.0 Å². The molecule has 0 spiro atoms. The predicted molar refractivity (Wildman–Crippen MR) is 104 cm³/mol. The van der Waals surface area contributed by atoms with Gasteiger partial charge in [-0.25, -0.2) is 4.68 Å². The predicted octanol–water partition coefficient (Wildman–Crippen LogP) is 4.91. The molecule has 29 heavy (non-hydrogen) atoms. The number of nitrogens with one attached hydrogen (secondary N) is 2. The lowest BCUT2D eigenvalue weighted by atomic mass is 9.95. The van der Waals surface area contributed by atoms with Crippen LogP contribution in [0.25, 0.3) is 0 Å². The fourth-order valence-electron chi connectivity index (χ4n) is 4.21. The van der Waals surface area contributed by atoms with Crippen molar-refractivity contribution in [3.63, 3.8) is 0 Å². The average Bonchev–Trinajstić information content (AvgIpc) is 3.12. The van der Waals surface area contributed by atoms with Crippen molar-refractivity contribution in [3.8, 4) is 0 Å². The number of aryl methyl sites for hydroxylation is 1. The first-order chi connectivity index (χ1) is 13.8. The van der Waals surface area contributed by atoms with Crippen LogP contribution in [-0.4, -0.2) is 27.9 Å². The fraction of sp³-hybridized carbons (Fsp3) is 0.524. The highest BCUT2D eigenvalue weighted by molar-refractivity contribution is 5.93. The highest BCUT2D eigenvalue weighted by atomic mass is 19.4. The number of amides is 1. The van der Waals surface area contributed by atoms with Gasteiger partial charge in [-0.15, -0.1) is 0 Å². The zero-order chi connectivity index (χ0) is 20.6. The number of fused-ring (bicyclic) bond motifs is 1. The summed E-state index contributed by atoms with van der Waals surface area (Å²) < 4.78 is 42.2. The summed E-state index contributed by atoms with van der Waals surface area (Å²) in [5.41, 5.74) is 1.85. The van der Waals surface area contributed by atoms with Gasteiger partial charge in [-0.3, -0.25) is 4.79 Å². The Labute approximate surface area is 167 Å². The highest BCUT2D eigenvalue weighted by Crippen LogP contribution is 2.43. The molecule has 8 heteroatoms. The van der Waals surface area contributed by atoms with Gasteiger partial charge in [0.25, 0.3) is 5.91 Å². The van der Waals surface area contributed by atoms with E-state index in [2.05, 4.69) is 15.7 Å². The molecule has 1 amide bonds.